The van der Waals surface area contributed by atoms with Gasteiger partial charge in [0, 0.05) is 11.2 Å². The van der Waals surface area contributed by atoms with E-state index in [0.717, 1.165) is 0 Å². The Balaban J connectivity index is 1.71. The number of nitrogens with zero attached hydrogens (tertiary/aromatic N) is 1. The minimum atomic E-state index is -0.280. The molecule has 1 amide bonds. The number of anilines is 3. The molecule has 0 aliphatic rings. The Morgan fingerprint density at radius 2 is 1.85 bits per heavy atom. The van der Waals surface area contributed by atoms with Crippen LogP contribution in [0.4, 0.5) is 17.2 Å². The number of benzene rings is 2. The van der Waals surface area contributed by atoms with Crippen molar-refractivity contribution in [2.24, 2.45) is 0 Å². The summed E-state index contributed by atoms with van der Waals surface area (Å²) in [6.07, 6.45) is 1.48. The van der Waals surface area contributed by atoms with Gasteiger partial charge in [-0.05, 0) is 42.5 Å². The highest BCUT2D eigenvalue weighted by atomic mass is 35.5. The lowest BCUT2D eigenvalue weighted by molar-refractivity contribution is 0.102. The molecule has 0 fully saturated rings. The van der Waals surface area contributed by atoms with E-state index < -0.39 is 0 Å². The van der Waals surface area contributed by atoms with E-state index in [1.165, 1.54) is 6.20 Å². The zero-order valence-corrected chi connectivity index (χ0v) is 15.3. The molecule has 26 heavy (non-hydrogen) atoms. The number of nitrogens with one attached hydrogen (secondary N) is 2. The van der Waals surface area contributed by atoms with Gasteiger partial charge in [-0.15, -0.1) is 0 Å². The number of para-hydroxylation sites is 2. The summed E-state index contributed by atoms with van der Waals surface area (Å²) >= 11 is 12.0. The molecule has 7 heteroatoms. The second kappa shape index (κ2) is 8.08. The first-order valence-corrected chi connectivity index (χ1v) is 8.45. The Kier molecular flexibility index (Phi) is 5.61. The van der Waals surface area contributed by atoms with Crippen LogP contribution in [0.25, 0.3) is 0 Å². The van der Waals surface area contributed by atoms with Crippen molar-refractivity contribution in [2.45, 2.75) is 0 Å². The van der Waals surface area contributed by atoms with Crippen molar-refractivity contribution in [1.82, 2.24) is 4.98 Å². The van der Waals surface area contributed by atoms with Crippen LogP contribution in [0.2, 0.25) is 10.0 Å². The molecule has 3 rings (SSSR count). The van der Waals surface area contributed by atoms with Crippen LogP contribution in [0.3, 0.4) is 0 Å². The van der Waals surface area contributed by atoms with Gasteiger partial charge >= 0.3 is 0 Å². The predicted octanol–water partition coefficient (Wildman–Crippen LogP) is 5.39. The molecule has 0 spiro atoms. The molecule has 1 aromatic heterocycles. The fraction of sp³-hybridized carbons (Fsp3) is 0.0526. The summed E-state index contributed by atoms with van der Waals surface area (Å²) < 4.78 is 5.22. The summed E-state index contributed by atoms with van der Waals surface area (Å²) in [5, 5.41) is 6.92. The molecule has 0 aliphatic heterocycles. The fourth-order valence-corrected chi connectivity index (χ4v) is 2.73. The lowest BCUT2D eigenvalue weighted by atomic mass is 10.2. The summed E-state index contributed by atoms with van der Waals surface area (Å²) in [6, 6.07) is 15.7. The van der Waals surface area contributed by atoms with Crippen LogP contribution in [-0.4, -0.2) is 18.0 Å². The molecule has 0 radical (unpaired) electrons. The van der Waals surface area contributed by atoms with Crippen LogP contribution in [-0.2, 0) is 0 Å². The van der Waals surface area contributed by atoms with E-state index in [2.05, 4.69) is 15.6 Å². The highest BCUT2D eigenvalue weighted by Crippen LogP contribution is 2.28. The summed E-state index contributed by atoms with van der Waals surface area (Å²) in [4.78, 5) is 16.6. The van der Waals surface area contributed by atoms with Crippen LogP contribution in [0.1, 0.15) is 10.4 Å². The van der Waals surface area contributed by atoms with Crippen molar-refractivity contribution in [2.75, 3.05) is 17.7 Å². The van der Waals surface area contributed by atoms with Gasteiger partial charge in [-0.2, -0.15) is 0 Å². The second-order valence-corrected chi connectivity index (χ2v) is 6.18. The van der Waals surface area contributed by atoms with Crippen molar-refractivity contribution in [3.8, 4) is 5.75 Å². The van der Waals surface area contributed by atoms with Crippen LogP contribution in [0.5, 0.6) is 5.75 Å². The molecule has 0 saturated heterocycles. The zero-order valence-electron chi connectivity index (χ0n) is 13.8. The number of hydrogen-bond donors (Lipinski definition) is 2. The Labute approximate surface area is 160 Å². The van der Waals surface area contributed by atoms with E-state index >= 15 is 0 Å². The second-order valence-electron chi connectivity index (χ2n) is 5.34. The number of carbonyl (C=O) groups excluding carboxylic acids is 1. The molecule has 0 saturated carbocycles. The maximum absolute atomic E-state index is 12.4. The first kappa shape index (κ1) is 18.0. The van der Waals surface area contributed by atoms with E-state index in [0.29, 0.717) is 38.6 Å². The molecule has 0 atom stereocenters. The van der Waals surface area contributed by atoms with Gasteiger partial charge < -0.3 is 15.4 Å². The molecule has 132 valence electrons. The number of pyridine rings is 1. The van der Waals surface area contributed by atoms with E-state index in [-0.39, 0.29) is 5.91 Å². The quantitative estimate of drug-likeness (QED) is 0.615. The molecule has 3 aromatic rings. The Bertz CT molecular complexity index is 930. The van der Waals surface area contributed by atoms with Gasteiger partial charge in [0.2, 0.25) is 0 Å². The number of ether oxygens (including phenoxy) is 1. The molecule has 1 heterocycles. The van der Waals surface area contributed by atoms with Crippen molar-refractivity contribution in [3.63, 3.8) is 0 Å². The molecule has 5 nitrogen and oxygen atoms in total. The number of methoxy groups -OCH3 is 1. The van der Waals surface area contributed by atoms with Crippen LogP contribution >= 0.6 is 23.2 Å². The predicted molar refractivity (Wildman–Crippen MR) is 105 cm³/mol. The Hall–Kier alpha value is -2.76. The average Bonchev–Trinajstić information content (AvgIpc) is 2.65. The van der Waals surface area contributed by atoms with Crippen molar-refractivity contribution in [1.29, 1.82) is 0 Å². The normalized spacial score (nSPS) is 10.3. The SMILES string of the molecule is COc1ccccc1NC(=O)c1ccc(Nc2ccc(Cl)cc2Cl)nc1. The number of hydrogen-bond acceptors (Lipinski definition) is 4. The van der Waals surface area contributed by atoms with Gasteiger partial charge in [-0.3, -0.25) is 4.79 Å². The minimum absolute atomic E-state index is 0.280. The van der Waals surface area contributed by atoms with Crippen molar-refractivity contribution in [3.05, 3.63) is 76.4 Å². The number of halogens is 2. The highest BCUT2D eigenvalue weighted by molar-refractivity contribution is 6.36. The third-order valence-electron chi connectivity index (χ3n) is 3.57. The maximum atomic E-state index is 12.4. The molecular weight excluding hydrogens is 373 g/mol. The zero-order chi connectivity index (χ0) is 18.5. The fourth-order valence-electron chi connectivity index (χ4n) is 2.27. The summed E-state index contributed by atoms with van der Waals surface area (Å²) in [6.45, 7) is 0. The van der Waals surface area contributed by atoms with Gasteiger partial charge in [-0.1, -0.05) is 35.3 Å². The molecule has 2 N–H and O–H groups in total. The number of carbonyl (C=O) groups is 1. The van der Waals surface area contributed by atoms with Gasteiger partial charge in [0.15, 0.2) is 0 Å². The minimum Gasteiger partial charge on any atom is -0.495 e. The lowest BCUT2D eigenvalue weighted by Crippen LogP contribution is -2.13. The van der Waals surface area contributed by atoms with Gasteiger partial charge in [0.1, 0.15) is 11.6 Å². The van der Waals surface area contributed by atoms with E-state index in [9.17, 15) is 4.79 Å². The van der Waals surface area contributed by atoms with E-state index in [1.807, 2.05) is 12.1 Å². The molecular formula is C19H15Cl2N3O2. The molecule has 0 bridgehead atoms. The van der Waals surface area contributed by atoms with Crippen molar-refractivity contribution >= 4 is 46.3 Å². The number of amides is 1. The third-order valence-corrected chi connectivity index (χ3v) is 4.12. The van der Waals surface area contributed by atoms with Crippen LogP contribution in [0, 0.1) is 0 Å². The third kappa shape index (κ3) is 4.25. The van der Waals surface area contributed by atoms with Crippen molar-refractivity contribution < 1.29 is 9.53 Å². The average molecular weight is 388 g/mol. The number of aromatic nitrogens is 1. The lowest BCUT2D eigenvalue weighted by Gasteiger charge is -2.11. The summed E-state index contributed by atoms with van der Waals surface area (Å²) in [5.41, 5.74) is 1.69. The van der Waals surface area contributed by atoms with Gasteiger partial charge in [0.25, 0.3) is 5.91 Å². The molecule has 0 aliphatic carbocycles. The first-order valence-electron chi connectivity index (χ1n) is 7.69. The number of rotatable bonds is 5. The Morgan fingerprint density at radius 1 is 1.04 bits per heavy atom. The summed E-state index contributed by atoms with van der Waals surface area (Å²) in [5.74, 6) is 0.866. The highest BCUT2D eigenvalue weighted by Gasteiger charge is 2.10. The standard InChI is InChI=1S/C19H15Cl2N3O2/c1-26-17-5-3-2-4-16(17)24-19(25)12-6-9-18(22-11-12)23-15-8-7-13(20)10-14(15)21/h2-11H,1H3,(H,22,23)(H,24,25). The monoisotopic (exact) mass is 387 g/mol. The Morgan fingerprint density at radius 3 is 2.54 bits per heavy atom. The van der Waals surface area contributed by atoms with Gasteiger partial charge in [0.05, 0.1) is 29.1 Å². The summed E-state index contributed by atoms with van der Waals surface area (Å²) in [7, 11) is 1.55. The van der Waals surface area contributed by atoms with Gasteiger partial charge in [-0.25, -0.2) is 4.98 Å². The first-order chi connectivity index (χ1) is 12.6. The van der Waals surface area contributed by atoms with Crippen LogP contribution < -0.4 is 15.4 Å². The van der Waals surface area contributed by atoms with E-state index in [4.69, 9.17) is 27.9 Å². The van der Waals surface area contributed by atoms with E-state index in [1.54, 1.807) is 49.6 Å². The van der Waals surface area contributed by atoms with Crippen LogP contribution in [0.15, 0.2) is 60.8 Å². The molecule has 2 aromatic carbocycles. The smallest absolute Gasteiger partial charge is 0.257 e. The largest absolute Gasteiger partial charge is 0.495 e. The topological polar surface area (TPSA) is 63.2 Å². The maximum Gasteiger partial charge on any atom is 0.257 e. The molecule has 0 unspecified atom stereocenters.